The van der Waals surface area contributed by atoms with Crippen molar-refractivity contribution in [3.8, 4) is 0 Å². The summed E-state index contributed by atoms with van der Waals surface area (Å²) in [6.07, 6.45) is 2.07. The zero-order valence-corrected chi connectivity index (χ0v) is 11.3. The summed E-state index contributed by atoms with van der Waals surface area (Å²) < 4.78 is 2.14. The van der Waals surface area contributed by atoms with E-state index in [9.17, 15) is 0 Å². The van der Waals surface area contributed by atoms with Gasteiger partial charge in [-0.25, -0.2) is 4.98 Å². The molecular formula is C12H24N4. The lowest BCUT2D eigenvalue weighted by atomic mass is 10.1. The van der Waals surface area contributed by atoms with E-state index >= 15 is 0 Å². The molecule has 0 amide bonds. The molecule has 16 heavy (non-hydrogen) atoms. The Kier molecular flexibility index (Phi) is 3.97. The van der Waals surface area contributed by atoms with Gasteiger partial charge in [0, 0.05) is 24.8 Å². The number of aromatic nitrogens is 2. The number of likely N-dealkylation sites (N-methyl/N-ethyl adjacent to an activating group) is 1. The van der Waals surface area contributed by atoms with Gasteiger partial charge < -0.3 is 14.8 Å². The quantitative estimate of drug-likeness (QED) is 0.830. The highest BCUT2D eigenvalue weighted by atomic mass is 15.2. The molecule has 92 valence electrons. The van der Waals surface area contributed by atoms with Gasteiger partial charge in [-0.1, -0.05) is 0 Å². The van der Waals surface area contributed by atoms with Crippen molar-refractivity contribution >= 4 is 5.95 Å². The van der Waals surface area contributed by atoms with E-state index < -0.39 is 0 Å². The smallest absolute Gasteiger partial charge is 0.203 e. The summed E-state index contributed by atoms with van der Waals surface area (Å²) in [4.78, 5) is 6.69. The topological polar surface area (TPSA) is 33.1 Å². The lowest BCUT2D eigenvalue weighted by molar-refractivity contribution is 0.209. The molecule has 0 bridgehead atoms. The van der Waals surface area contributed by atoms with Crippen molar-refractivity contribution in [1.82, 2.24) is 14.5 Å². The van der Waals surface area contributed by atoms with E-state index in [0.29, 0.717) is 0 Å². The van der Waals surface area contributed by atoms with E-state index in [1.54, 1.807) is 0 Å². The van der Waals surface area contributed by atoms with Gasteiger partial charge in [-0.3, -0.25) is 0 Å². The van der Waals surface area contributed by atoms with Crippen molar-refractivity contribution in [2.45, 2.75) is 39.8 Å². The first-order chi connectivity index (χ1) is 7.36. The van der Waals surface area contributed by atoms with Crippen LogP contribution in [0.1, 0.15) is 26.5 Å². The first-order valence-corrected chi connectivity index (χ1v) is 5.82. The molecule has 0 aromatic carbocycles. The summed E-state index contributed by atoms with van der Waals surface area (Å²) in [6, 6.07) is 0. The van der Waals surface area contributed by atoms with Crippen molar-refractivity contribution < 1.29 is 0 Å². The van der Waals surface area contributed by atoms with Gasteiger partial charge in [-0.2, -0.15) is 0 Å². The summed E-state index contributed by atoms with van der Waals surface area (Å²) in [7, 11) is 4.19. The van der Waals surface area contributed by atoms with Crippen LogP contribution in [0.5, 0.6) is 0 Å². The largest absolute Gasteiger partial charge is 0.354 e. The lowest BCUT2D eigenvalue weighted by Crippen LogP contribution is -2.44. The molecule has 0 unspecified atom stereocenters. The lowest BCUT2D eigenvalue weighted by Gasteiger charge is -2.32. The van der Waals surface area contributed by atoms with Crippen LogP contribution in [-0.4, -0.2) is 40.6 Å². The molecule has 0 fully saturated rings. The Bertz CT molecular complexity index is 339. The maximum Gasteiger partial charge on any atom is 0.203 e. The van der Waals surface area contributed by atoms with Gasteiger partial charge in [0.15, 0.2) is 0 Å². The Labute approximate surface area is 98.7 Å². The second-order valence-electron chi connectivity index (χ2n) is 5.05. The fourth-order valence-corrected chi connectivity index (χ4v) is 1.38. The number of aryl methyl sites for hydroxylation is 2. The predicted octanol–water partition coefficient (Wildman–Crippen LogP) is 1.96. The number of anilines is 1. The van der Waals surface area contributed by atoms with Crippen molar-refractivity contribution in [1.29, 1.82) is 0 Å². The molecule has 1 N–H and O–H groups in total. The Morgan fingerprint density at radius 2 is 2.06 bits per heavy atom. The van der Waals surface area contributed by atoms with E-state index in [1.807, 2.05) is 6.92 Å². The summed E-state index contributed by atoms with van der Waals surface area (Å²) in [6.45, 7) is 10.4. The molecule has 0 aliphatic heterocycles. The summed E-state index contributed by atoms with van der Waals surface area (Å²) in [5, 5.41) is 3.42. The van der Waals surface area contributed by atoms with Crippen LogP contribution < -0.4 is 5.32 Å². The van der Waals surface area contributed by atoms with Crippen LogP contribution >= 0.6 is 0 Å². The van der Waals surface area contributed by atoms with Gasteiger partial charge in [0.25, 0.3) is 0 Å². The summed E-state index contributed by atoms with van der Waals surface area (Å²) >= 11 is 0. The molecule has 4 heteroatoms. The zero-order valence-electron chi connectivity index (χ0n) is 11.3. The molecule has 0 spiro atoms. The van der Waals surface area contributed by atoms with E-state index in [1.165, 1.54) is 0 Å². The third kappa shape index (κ3) is 2.98. The first kappa shape index (κ1) is 13.0. The van der Waals surface area contributed by atoms with Crippen molar-refractivity contribution in [3.05, 3.63) is 11.9 Å². The fourth-order valence-electron chi connectivity index (χ4n) is 1.38. The second-order valence-corrected chi connectivity index (χ2v) is 5.05. The molecule has 0 atom stereocenters. The summed E-state index contributed by atoms with van der Waals surface area (Å²) in [5.41, 5.74) is 1.19. The number of hydrogen-bond acceptors (Lipinski definition) is 3. The molecule has 4 nitrogen and oxygen atoms in total. The molecule has 1 rings (SSSR count). The Balaban J connectivity index is 2.67. The van der Waals surface area contributed by atoms with Gasteiger partial charge in [0.2, 0.25) is 5.95 Å². The van der Waals surface area contributed by atoms with Crippen molar-refractivity contribution in [3.63, 3.8) is 0 Å². The first-order valence-electron chi connectivity index (χ1n) is 5.82. The normalized spacial score (nSPS) is 12.2. The van der Waals surface area contributed by atoms with Crippen LogP contribution in [0.25, 0.3) is 0 Å². The molecule has 1 aromatic heterocycles. The minimum absolute atomic E-state index is 0.123. The second kappa shape index (κ2) is 4.87. The highest BCUT2D eigenvalue weighted by Crippen LogP contribution is 2.13. The Morgan fingerprint density at radius 1 is 1.44 bits per heavy atom. The van der Waals surface area contributed by atoms with Crippen LogP contribution in [0.3, 0.4) is 0 Å². The minimum Gasteiger partial charge on any atom is -0.354 e. The average molecular weight is 224 g/mol. The minimum atomic E-state index is 0.123. The van der Waals surface area contributed by atoms with E-state index in [2.05, 4.69) is 60.8 Å². The van der Waals surface area contributed by atoms with Crippen LogP contribution in [0.15, 0.2) is 6.20 Å². The molecular weight excluding hydrogens is 200 g/mol. The highest BCUT2D eigenvalue weighted by Gasteiger charge is 2.20. The third-order valence-corrected chi connectivity index (χ3v) is 3.13. The van der Waals surface area contributed by atoms with Crippen molar-refractivity contribution in [2.24, 2.45) is 0 Å². The number of nitrogens with one attached hydrogen (secondary N) is 1. The Hall–Kier alpha value is -1.03. The molecule has 1 heterocycles. The fraction of sp³-hybridized carbons (Fsp3) is 0.750. The van der Waals surface area contributed by atoms with E-state index in [0.717, 1.165) is 24.7 Å². The monoisotopic (exact) mass is 224 g/mol. The maximum atomic E-state index is 4.48. The van der Waals surface area contributed by atoms with E-state index in [-0.39, 0.29) is 5.54 Å². The van der Waals surface area contributed by atoms with Crippen molar-refractivity contribution in [2.75, 3.05) is 26.0 Å². The zero-order chi connectivity index (χ0) is 12.3. The van der Waals surface area contributed by atoms with Crippen LogP contribution in [0.4, 0.5) is 5.95 Å². The van der Waals surface area contributed by atoms with E-state index in [4.69, 9.17) is 0 Å². The predicted molar refractivity (Wildman–Crippen MR) is 68.9 cm³/mol. The van der Waals surface area contributed by atoms with Gasteiger partial charge in [0.05, 0.1) is 5.69 Å². The highest BCUT2D eigenvalue weighted by molar-refractivity contribution is 5.29. The third-order valence-electron chi connectivity index (χ3n) is 3.13. The SMILES string of the molecule is CCn1cc(C)nc1NCC(C)(C)N(C)C. The average Bonchev–Trinajstić information content (AvgIpc) is 2.56. The number of nitrogens with zero attached hydrogens (tertiary/aromatic N) is 3. The van der Waals surface area contributed by atoms with Gasteiger partial charge in [-0.05, 0) is 41.8 Å². The molecule has 0 aliphatic carbocycles. The standard InChI is InChI=1S/C12H24N4/c1-7-16-8-10(2)14-11(16)13-9-12(3,4)15(5)6/h8H,7,9H2,1-6H3,(H,13,14). The Morgan fingerprint density at radius 3 is 2.56 bits per heavy atom. The van der Waals surface area contributed by atoms with Crippen LogP contribution in [-0.2, 0) is 6.54 Å². The molecule has 0 radical (unpaired) electrons. The van der Waals surface area contributed by atoms with Gasteiger partial charge >= 0.3 is 0 Å². The van der Waals surface area contributed by atoms with Crippen LogP contribution in [0, 0.1) is 6.92 Å². The maximum absolute atomic E-state index is 4.48. The number of hydrogen-bond donors (Lipinski definition) is 1. The summed E-state index contributed by atoms with van der Waals surface area (Å²) in [5.74, 6) is 0.968. The molecule has 0 aliphatic rings. The van der Waals surface area contributed by atoms with Gasteiger partial charge in [0.1, 0.15) is 0 Å². The molecule has 0 saturated heterocycles. The number of rotatable bonds is 5. The van der Waals surface area contributed by atoms with Gasteiger partial charge in [-0.15, -0.1) is 0 Å². The molecule has 0 saturated carbocycles. The molecule has 1 aromatic rings. The van der Waals surface area contributed by atoms with Crippen LogP contribution in [0.2, 0.25) is 0 Å². The number of imidazole rings is 1.